The van der Waals surface area contributed by atoms with Gasteiger partial charge in [0.25, 0.3) is 0 Å². The number of ether oxygens (including phenoxy) is 1. The minimum atomic E-state index is -0.293. The van der Waals surface area contributed by atoms with Crippen LogP contribution in [0.1, 0.15) is 26.3 Å². The Hall–Kier alpha value is -1.42. The highest BCUT2D eigenvalue weighted by molar-refractivity contribution is 5.79. The molecule has 0 aromatic heterocycles. The molecule has 1 unspecified atom stereocenters. The molecular formula is C16H22FNO2. The molecule has 1 aromatic carbocycles. The molecule has 20 heavy (non-hydrogen) atoms. The van der Waals surface area contributed by atoms with Crippen LogP contribution in [0.4, 0.5) is 4.39 Å². The van der Waals surface area contributed by atoms with Gasteiger partial charge in [0, 0.05) is 12.5 Å². The van der Waals surface area contributed by atoms with Gasteiger partial charge in [-0.05, 0) is 31.9 Å². The topological polar surface area (TPSA) is 29.5 Å². The molecule has 0 spiro atoms. The number of carbonyl (C=O) groups is 1. The van der Waals surface area contributed by atoms with E-state index in [1.54, 1.807) is 18.2 Å². The van der Waals surface area contributed by atoms with Crippen molar-refractivity contribution in [2.75, 3.05) is 19.8 Å². The van der Waals surface area contributed by atoms with Crippen LogP contribution in [0.25, 0.3) is 0 Å². The maximum Gasteiger partial charge on any atom is 0.226 e. The summed E-state index contributed by atoms with van der Waals surface area (Å²) in [5.74, 6) is -0.404. The van der Waals surface area contributed by atoms with Gasteiger partial charge in [0.05, 0.1) is 18.8 Å². The molecule has 1 aliphatic rings. The molecule has 1 atom stereocenters. The number of nitrogens with zero attached hydrogens (tertiary/aromatic N) is 1. The molecule has 4 heteroatoms. The van der Waals surface area contributed by atoms with Crippen molar-refractivity contribution in [2.24, 2.45) is 5.92 Å². The fourth-order valence-electron chi connectivity index (χ4n) is 2.61. The summed E-state index contributed by atoms with van der Waals surface area (Å²) in [6, 6.07) is 6.64. The first-order valence-corrected chi connectivity index (χ1v) is 7.04. The highest BCUT2D eigenvalue weighted by atomic mass is 19.1. The minimum Gasteiger partial charge on any atom is -0.377 e. The average molecular weight is 279 g/mol. The number of morpholine rings is 1. The summed E-state index contributed by atoms with van der Waals surface area (Å²) in [5.41, 5.74) is 0.304. The molecule has 0 N–H and O–H groups in total. The number of benzene rings is 1. The van der Waals surface area contributed by atoms with Crippen molar-refractivity contribution in [1.29, 1.82) is 0 Å². The van der Waals surface area contributed by atoms with Gasteiger partial charge in [-0.15, -0.1) is 0 Å². The van der Waals surface area contributed by atoms with Gasteiger partial charge in [0.1, 0.15) is 5.82 Å². The van der Waals surface area contributed by atoms with E-state index in [9.17, 15) is 9.18 Å². The molecule has 1 saturated heterocycles. The number of amides is 1. The summed E-state index contributed by atoms with van der Waals surface area (Å²) in [6.07, 6.45) is 0.430. The van der Waals surface area contributed by atoms with Gasteiger partial charge in [-0.2, -0.15) is 0 Å². The van der Waals surface area contributed by atoms with Crippen molar-refractivity contribution < 1.29 is 13.9 Å². The van der Waals surface area contributed by atoms with E-state index >= 15 is 0 Å². The van der Waals surface area contributed by atoms with E-state index in [0.29, 0.717) is 31.7 Å². The second kappa shape index (κ2) is 5.92. The van der Waals surface area contributed by atoms with Crippen LogP contribution in [-0.4, -0.2) is 36.1 Å². The fourth-order valence-corrected chi connectivity index (χ4v) is 2.61. The zero-order valence-electron chi connectivity index (χ0n) is 12.4. The lowest BCUT2D eigenvalue weighted by Crippen LogP contribution is -2.57. The minimum absolute atomic E-state index is 0.0709. The molecule has 0 bridgehead atoms. The molecule has 1 aromatic rings. The summed E-state index contributed by atoms with van der Waals surface area (Å²) < 4.78 is 19.1. The Bertz CT molecular complexity index is 487. The zero-order chi connectivity index (χ0) is 14.8. The Morgan fingerprint density at radius 2 is 2.15 bits per heavy atom. The van der Waals surface area contributed by atoms with E-state index in [1.807, 2.05) is 25.7 Å². The third-order valence-electron chi connectivity index (χ3n) is 3.82. The van der Waals surface area contributed by atoms with Crippen LogP contribution in [0.3, 0.4) is 0 Å². The second-order valence-corrected chi connectivity index (χ2v) is 6.05. The van der Waals surface area contributed by atoms with E-state index in [1.165, 1.54) is 6.07 Å². The van der Waals surface area contributed by atoms with Crippen molar-refractivity contribution in [1.82, 2.24) is 4.90 Å². The van der Waals surface area contributed by atoms with Crippen LogP contribution in [0.15, 0.2) is 24.3 Å². The highest BCUT2D eigenvalue weighted by Gasteiger charge is 2.36. The maximum absolute atomic E-state index is 13.7. The van der Waals surface area contributed by atoms with Crippen molar-refractivity contribution >= 4 is 5.91 Å². The quantitative estimate of drug-likeness (QED) is 0.851. The molecule has 0 radical (unpaired) electrons. The SMILES string of the molecule is CC(Cc1ccccc1F)C(=O)N1CCOCC1(C)C. The molecule has 1 amide bonds. The first kappa shape index (κ1) is 15.0. The lowest BCUT2D eigenvalue weighted by atomic mass is 9.95. The van der Waals surface area contributed by atoms with Gasteiger partial charge in [0.2, 0.25) is 5.91 Å². The van der Waals surface area contributed by atoms with Crippen molar-refractivity contribution in [3.63, 3.8) is 0 Å². The van der Waals surface area contributed by atoms with Crippen molar-refractivity contribution in [2.45, 2.75) is 32.7 Å². The average Bonchev–Trinajstić information content (AvgIpc) is 2.40. The predicted molar refractivity (Wildman–Crippen MR) is 75.9 cm³/mol. The lowest BCUT2D eigenvalue weighted by molar-refractivity contribution is -0.150. The van der Waals surface area contributed by atoms with Gasteiger partial charge in [-0.3, -0.25) is 4.79 Å². The third-order valence-corrected chi connectivity index (χ3v) is 3.82. The Labute approximate surface area is 119 Å². The largest absolute Gasteiger partial charge is 0.377 e. The van der Waals surface area contributed by atoms with Gasteiger partial charge in [-0.1, -0.05) is 25.1 Å². The Kier molecular flexibility index (Phi) is 4.43. The Balaban J connectivity index is 2.07. The summed E-state index contributed by atoms with van der Waals surface area (Å²) in [5, 5.41) is 0. The number of hydrogen-bond acceptors (Lipinski definition) is 2. The summed E-state index contributed by atoms with van der Waals surface area (Å²) in [7, 11) is 0. The smallest absolute Gasteiger partial charge is 0.226 e. The first-order chi connectivity index (χ1) is 9.42. The highest BCUT2D eigenvalue weighted by Crippen LogP contribution is 2.23. The second-order valence-electron chi connectivity index (χ2n) is 6.05. The van der Waals surface area contributed by atoms with E-state index in [2.05, 4.69) is 0 Å². The molecule has 1 heterocycles. The van der Waals surface area contributed by atoms with E-state index in [-0.39, 0.29) is 23.2 Å². The molecule has 2 rings (SSSR count). The van der Waals surface area contributed by atoms with E-state index < -0.39 is 0 Å². The molecule has 0 saturated carbocycles. The first-order valence-electron chi connectivity index (χ1n) is 7.04. The third kappa shape index (κ3) is 3.18. The molecule has 3 nitrogen and oxygen atoms in total. The van der Waals surface area contributed by atoms with E-state index in [0.717, 1.165) is 0 Å². The van der Waals surface area contributed by atoms with Crippen molar-refractivity contribution in [3.8, 4) is 0 Å². The summed E-state index contributed by atoms with van der Waals surface area (Å²) in [6.45, 7) is 7.58. The predicted octanol–water partition coefficient (Wildman–Crippen LogP) is 2.64. The Morgan fingerprint density at radius 3 is 2.80 bits per heavy atom. The van der Waals surface area contributed by atoms with Crippen molar-refractivity contribution in [3.05, 3.63) is 35.6 Å². The summed E-state index contributed by atoms with van der Waals surface area (Å²) in [4.78, 5) is 14.4. The standard InChI is InChI=1S/C16H22FNO2/c1-12(10-13-6-4-5-7-14(13)17)15(19)18-8-9-20-11-16(18,2)3/h4-7,12H,8-11H2,1-3H3. The molecule has 1 aliphatic heterocycles. The van der Waals surface area contributed by atoms with Crippen LogP contribution in [0.2, 0.25) is 0 Å². The van der Waals surface area contributed by atoms with Crippen LogP contribution in [0, 0.1) is 11.7 Å². The zero-order valence-corrected chi connectivity index (χ0v) is 12.4. The molecule has 0 aliphatic carbocycles. The van der Waals surface area contributed by atoms with Gasteiger partial charge < -0.3 is 9.64 Å². The molecule has 1 fully saturated rings. The molecular weight excluding hydrogens is 257 g/mol. The molecule has 110 valence electrons. The fraction of sp³-hybridized carbons (Fsp3) is 0.562. The number of rotatable bonds is 3. The van der Waals surface area contributed by atoms with Gasteiger partial charge >= 0.3 is 0 Å². The normalized spacial score (nSPS) is 19.7. The van der Waals surface area contributed by atoms with Gasteiger partial charge in [0.15, 0.2) is 0 Å². The van der Waals surface area contributed by atoms with Gasteiger partial charge in [-0.25, -0.2) is 4.39 Å². The summed E-state index contributed by atoms with van der Waals surface area (Å²) >= 11 is 0. The Morgan fingerprint density at radius 1 is 1.45 bits per heavy atom. The van der Waals surface area contributed by atoms with Crippen LogP contribution in [-0.2, 0) is 16.0 Å². The lowest BCUT2D eigenvalue weighted by Gasteiger charge is -2.43. The number of hydrogen-bond donors (Lipinski definition) is 0. The maximum atomic E-state index is 13.7. The van der Waals surface area contributed by atoms with E-state index in [4.69, 9.17) is 4.74 Å². The van der Waals surface area contributed by atoms with Crippen LogP contribution < -0.4 is 0 Å². The van der Waals surface area contributed by atoms with Crippen LogP contribution in [0.5, 0.6) is 0 Å². The monoisotopic (exact) mass is 279 g/mol. The van der Waals surface area contributed by atoms with Crippen LogP contribution >= 0.6 is 0 Å². The number of carbonyl (C=O) groups excluding carboxylic acids is 1. The number of halogens is 1.